The molecule has 1 atom stereocenters. The Labute approximate surface area is 180 Å². The van der Waals surface area contributed by atoms with E-state index in [4.69, 9.17) is 14.2 Å². The van der Waals surface area contributed by atoms with Crippen molar-refractivity contribution in [1.82, 2.24) is 4.90 Å². The van der Waals surface area contributed by atoms with Crippen molar-refractivity contribution in [3.05, 3.63) is 95.0 Å². The molecule has 5 rings (SSSR count). The Hall–Kier alpha value is -3.80. The zero-order valence-electron chi connectivity index (χ0n) is 17.4. The van der Waals surface area contributed by atoms with E-state index in [1.54, 1.807) is 18.2 Å². The summed E-state index contributed by atoms with van der Waals surface area (Å²) in [6, 6.07) is 15.6. The molecule has 2 heterocycles. The number of carbonyl (C=O) groups is 2. The molecule has 1 unspecified atom stereocenters. The summed E-state index contributed by atoms with van der Waals surface area (Å²) in [5.41, 5.74) is 3.44. The van der Waals surface area contributed by atoms with E-state index in [2.05, 4.69) is 0 Å². The van der Waals surface area contributed by atoms with Gasteiger partial charge >= 0.3 is 11.9 Å². The number of hydrogen-bond acceptors (Lipinski definition) is 6. The van der Waals surface area contributed by atoms with Crippen LogP contribution in [-0.4, -0.2) is 44.2 Å². The topological polar surface area (TPSA) is 65.1 Å². The van der Waals surface area contributed by atoms with Gasteiger partial charge in [0.05, 0.1) is 38.4 Å². The van der Waals surface area contributed by atoms with Crippen LogP contribution in [0.4, 0.5) is 0 Å². The molecule has 0 bridgehead atoms. The molecule has 1 aliphatic carbocycles. The van der Waals surface area contributed by atoms with E-state index in [9.17, 15) is 9.59 Å². The monoisotopic (exact) mass is 415 g/mol. The van der Waals surface area contributed by atoms with Gasteiger partial charge in [0.1, 0.15) is 11.5 Å². The molecule has 6 heteroatoms. The van der Waals surface area contributed by atoms with Crippen LogP contribution in [0.1, 0.15) is 11.1 Å². The molecule has 0 aromatic heterocycles. The summed E-state index contributed by atoms with van der Waals surface area (Å²) in [6.45, 7) is 0. The zero-order valence-corrected chi connectivity index (χ0v) is 17.4. The largest absolute Gasteiger partial charge is 0.495 e. The highest BCUT2D eigenvalue weighted by molar-refractivity contribution is 6.07. The van der Waals surface area contributed by atoms with Crippen LogP contribution >= 0.6 is 0 Å². The van der Waals surface area contributed by atoms with Crippen molar-refractivity contribution in [2.24, 2.45) is 0 Å². The van der Waals surface area contributed by atoms with Gasteiger partial charge < -0.3 is 19.1 Å². The average molecular weight is 415 g/mol. The Kier molecular flexibility index (Phi) is 4.25. The first-order valence-electron chi connectivity index (χ1n) is 9.92. The molecule has 2 aromatic rings. The second-order valence-corrected chi connectivity index (χ2v) is 7.55. The number of hydrogen-bond donors (Lipinski definition) is 0. The second-order valence-electron chi connectivity index (χ2n) is 7.55. The summed E-state index contributed by atoms with van der Waals surface area (Å²) < 4.78 is 15.8. The minimum Gasteiger partial charge on any atom is -0.495 e. The number of rotatable bonds is 3. The van der Waals surface area contributed by atoms with Gasteiger partial charge in [-0.25, -0.2) is 9.59 Å². The first kappa shape index (κ1) is 19.2. The molecule has 0 saturated carbocycles. The van der Waals surface area contributed by atoms with E-state index in [1.807, 2.05) is 60.7 Å². The van der Waals surface area contributed by atoms with E-state index in [1.165, 1.54) is 14.2 Å². The molecule has 0 N–H and O–H groups in total. The predicted molar refractivity (Wildman–Crippen MR) is 114 cm³/mol. The minimum atomic E-state index is -0.934. The fraction of sp³-hybridized carbons (Fsp3) is 0.200. The molecule has 0 saturated heterocycles. The maximum absolute atomic E-state index is 13.3. The molecule has 0 amide bonds. The van der Waals surface area contributed by atoms with Gasteiger partial charge in [-0.3, -0.25) is 0 Å². The lowest BCUT2D eigenvalue weighted by molar-refractivity contribution is -0.140. The van der Waals surface area contributed by atoms with Crippen LogP contribution < -0.4 is 0 Å². The number of fused-ring (bicyclic) bond motifs is 7. The molecule has 2 aromatic carbocycles. The first-order chi connectivity index (χ1) is 15.1. The fourth-order valence-corrected chi connectivity index (χ4v) is 5.20. The molecule has 3 aliphatic rings. The van der Waals surface area contributed by atoms with Crippen LogP contribution in [0, 0.1) is 0 Å². The van der Waals surface area contributed by atoms with Crippen molar-refractivity contribution in [3.8, 4) is 11.1 Å². The van der Waals surface area contributed by atoms with Crippen LogP contribution in [0.25, 0.3) is 11.1 Å². The number of methoxy groups -OCH3 is 3. The minimum absolute atomic E-state index is 0.157. The van der Waals surface area contributed by atoms with Crippen LogP contribution in [-0.2, 0) is 29.2 Å². The van der Waals surface area contributed by atoms with E-state index in [0.717, 1.165) is 22.3 Å². The lowest BCUT2D eigenvalue weighted by Gasteiger charge is -2.38. The molecule has 31 heavy (non-hydrogen) atoms. The third kappa shape index (κ3) is 2.33. The predicted octanol–water partition coefficient (Wildman–Crippen LogP) is 3.30. The summed E-state index contributed by atoms with van der Waals surface area (Å²) in [5, 5.41) is 0. The zero-order chi connectivity index (χ0) is 21.8. The van der Waals surface area contributed by atoms with Crippen molar-refractivity contribution in [2.75, 3.05) is 21.3 Å². The Morgan fingerprint density at radius 2 is 1.45 bits per heavy atom. The van der Waals surface area contributed by atoms with Crippen LogP contribution in [0.2, 0.25) is 0 Å². The fourth-order valence-electron chi connectivity index (χ4n) is 5.20. The van der Waals surface area contributed by atoms with Crippen LogP contribution in [0.5, 0.6) is 0 Å². The van der Waals surface area contributed by atoms with Gasteiger partial charge in [0, 0.05) is 6.20 Å². The molecular formula is C25H21NO5. The molecule has 2 aliphatic heterocycles. The van der Waals surface area contributed by atoms with Crippen molar-refractivity contribution >= 4 is 11.9 Å². The molecule has 0 radical (unpaired) electrons. The SMILES string of the molecule is COC(=O)C1=C(C(=O)OC)C2(c3ccccc3-c3ccccc32)C2C=CC(OC)=CN12. The Bertz CT molecular complexity index is 1160. The summed E-state index contributed by atoms with van der Waals surface area (Å²) in [5.74, 6) is -0.605. The maximum Gasteiger partial charge on any atom is 0.355 e. The van der Waals surface area contributed by atoms with E-state index in [0.29, 0.717) is 5.76 Å². The summed E-state index contributed by atoms with van der Waals surface area (Å²) in [7, 11) is 4.20. The first-order valence-corrected chi connectivity index (χ1v) is 9.92. The third-order valence-electron chi connectivity index (χ3n) is 6.34. The lowest BCUT2D eigenvalue weighted by Crippen LogP contribution is -2.44. The van der Waals surface area contributed by atoms with E-state index >= 15 is 0 Å². The maximum atomic E-state index is 13.3. The van der Waals surface area contributed by atoms with Crippen molar-refractivity contribution in [3.63, 3.8) is 0 Å². The van der Waals surface area contributed by atoms with Gasteiger partial charge in [0.2, 0.25) is 0 Å². The molecule has 0 fully saturated rings. The number of nitrogens with zero attached hydrogens (tertiary/aromatic N) is 1. The normalized spacial score (nSPS) is 19.5. The molecular weight excluding hydrogens is 394 g/mol. The van der Waals surface area contributed by atoms with Crippen LogP contribution in [0.3, 0.4) is 0 Å². The Morgan fingerprint density at radius 1 is 0.871 bits per heavy atom. The molecule has 1 spiro atoms. The second kappa shape index (κ2) is 6.87. The molecule has 156 valence electrons. The van der Waals surface area contributed by atoms with Gasteiger partial charge in [-0.1, -0.05) is 54.6 Å². The van der Waals surface area contributed by atoms with E-state index in [-0.39, 0.29) is 17.3 Å². The summed E-state index contributed by atoms with van der Waals surface area (Å²) in [4.78, 5) is 28.1. The Morgan fingerprint density at radius 3 is 2.00 bits per heavy atom. The number of ether oxygens (including phenoxy) is 3. The van der Waals surface area contributed by atoms with Gasteiger partial charge in [0.25, 0.3) is 0 Å². The number of allylic oxidation sites excluding steroid dienone is 1. The Balaban J connectivity index is 1.94. The summed E-state index contributed by atoms with van der Waals surface area (Å²) >= 11 is 0. The highest BCUT2D eigenvalue weighted by Crippen LogP contribution is 2.60. The highest BCUT2D eigenvalue weighted by Gasteiger charge is 2.62. The summed E-state index contributed by atoms with van der Waals surface area (Å²) in [6.07, 6.45) is 5.57. The number of benzene rings is 2. The van der Waals surface area contributed by atoms with Gasteiger partial charge in [-0.05, 0) is 28.3 Å². The molecule has 6 nitrogen and oxygen atoms in total. The van der Waals surface area contributed by atoms with Crippen molar-refractivity contribution in [2.45, 2.75) is 11.5 Å². The van der Waals surface area contributed by atoms with Gasteiger partial charge in [-0.2, -0.15) is 0 Å². The van der Waals surface area contributed by atoms with Crippen molar-refractivity contribution in [1.29, 1.82) is 0 Å². The highest BCUT2D eigenvalue weighted by atomic mass is 16.5. The smallest absolute Gasteiger partial charge is 0.355 e. The van der Waals surface area contributed by atoms with Crippen LogP contribution in [0.15, 0.2) is 83.9 Å². The lowest BCUT2D eigenvalue weighted by atomic mass is 9.68. The average Bonchev–Trinajstić information content (AvgIpc) is 3.29. The van der Waals surface area contributed by atoms with Gasteiger partial charge in [-0.15, -0.1) is 0 Å². The number of carbonyl (C=O) groups excluding carboxylic acids is 2. The number of esters is 2. The quantitative estimate of drug-likeness (QED) is 0.717. The third-order valence-corrected chi connectivity index (χ3v) is 6.34. The standard InChI is InChI=1S/C25H21NO5/c1-29-15-12-13-20-25(21(23(27)30-2)22(24(28)31-3)26(20)14-15)18-10-6-4-8-16(18)17-9-5-7-11-19(17)25/h4-14,20H,1-3H3. The van der Waals surface area contributed by atoms with Gasteiger partial charge in [0.15, 0.2) is 0 Å². The van der Waals surface area contributed by atoms with Crippen molar-refractivity contribution < 1.29 is 23.8 Å². The van der Waals surface area contributed by atoms with E-state index < -0.39 is 17.4 Å².